The van der Waals surface area contributed by atoms with E-state index in [9.17, 15) is 0 Å². The Bertz CT molecular complexity index is 459. The number of pyridine rings is 1. The highest BCUT2D eigenvalue weighted by Crippen LogP contribution is 2.22. The molecule has 0 amide bonds. The van der Waals surface area contributed by atoms with Crippen molar-refractivity contribution < 1.29 is 0 Å². The number of hydrogen-bond donors (Lipinski definition) is 1. The molecule has 2 N–H and O–H groups in total. The Morgan fingerprint density at radius 1 is 1.47 bits per heavy atom. The summed E-state index contributed by atoms with van der Waals surface area (Å²) in [4.78, 5) is 8.52. The third kappa shape index (κ3) is 1.64. The van der Waals surface area contributed by atoms with Crippen LogP contribution in [0.1, 0.15) is 11.5 Å². The van der Waals surface area contributed by atoms with Crippen LogP contribution in [0.5, 0.6) is 0 Å². The third-order valence-electron chi connectivity index (χ3n) is 2.52. The number of nitrogens with two attached hydrogens (primary N) is 1. The van der Waals surface area contributed by atoms with Gasteiger partial charge in [-0.3, -0.25) is 4.98 Å². The SMILES string of the molecule is Cc1nc(CN)c(-c2cccnc2)n1C. The highest BCUT2D eigenvalue weighted by molar-refractivity contribution is 5.61. The lowest BCUT2D eigenvalue weighted by Gasteiger charge is -2.04. The molecule has 2 aromatic rings. The summed E-state index contributed by atoms with van der Waals surface area (Å²) in [5.74, 6) is 0.967. The molecule has 2 rings (SSSR count). The second-order valence-corrected chi connectivity index (χ2v) is 3.46. The molecule has 0 atom stereocenters. The van der Waals surface area contributed by atoms with Crippen LogP contribution in [0.25, 0.3) is 11.3 Å². The summed E-state index contributed by atoms with van der Waals surface area (Å²) in [6, 6.07) is 3.93. The normalized spacial score (nSPS) is 10.6. The molecule has 2 heterocycles. The molecule has 15 heavy (non-hydrogen) atoms. The molecule has 0 radical (unpaired) electrons. The van der Waals surface area contributed by atoms with Crippen molar-refractivity contribution in [3.05, 3.63) is 36.0 Å². The molecule has 2 aromatic heterocycles. The molecule has 0 aliphatic heterocycles. The molecule has 78 valence electrons. The van der Waals surface area contributed by atoms with Crippen molar-refractivity contribution >= 4 is 0 Å². The Balaban J connectivity index is 2.61. The number of aromatic nitrogens is 3. The Morgan fingerprint density at radius 2 is 2.27 bits per heavy atom. The Kier molecular flexibility index (Phi) is 2.51. The van der Waals surface area contributed by atoms with Crippen LogP contribution in [0.15, 0.2) is 24.5 Å². The molecule has 0 bridgehead atoms. The lowest BCUT2D eigenvalue weighted by atomic mass is 10.1. The fraction of sp³-hybridized carbons (Fsp3) is 0.273. The average molecular weight is 202 g/mol. The smallest absolute Gasteiger partial charge is 0.106 e. The molecular formula is C11H14N4. The minimum Gasteiger partial charge on any atom is -0.331 e. The maximum absolute atomic E-state index is 5.67. The summed E-state index contributed by atoms with van der Waals surface area (Å²) < 4.78 is 2.04. The van der Waals surface area contributed by atoms with E-state index in [2.05, 4.69) is 9.97 Å². The summed E-state index contributed by atoms with van der Waals surface area (Å²) in [5, 5.41) is 0. The molecule has 0 fully saturated rings. The molecule has 0 aliphatic carbocycles. The average Bonchev–Trinajstić information content (AvgIpc) is 2.56. The van der Waals surface area contributed by atoms with E-state index < -0.39 is 0 Å². The molecular weight excluding hydrogens is 188 g/mol. The zero-order valence-electron chi connectivity index (χ0n) is 8.94. The Morgan fingerprint density at radius 3 is 2.87 bits per heavy atom. The molecule has 0 aliphatic rings. The van der Waals surface area contributed by atoms with Crippen molar-refractivity contribution in [3.8, 4) is 11.3 Å². The standard InChI is InChI=1S/C11H14N4/c1-8-14-10(6-12)11(15(8)2)9-4-3-5-13-7-9/h3-5,7H,6,12H2,1-2H3. The lowest BCUT2D eigenvalue weighted by Crippen LogP contribution is -2.00. The first kappa shape index (κ1) is 9.86. The first-order valence-electron chi connectivity index (χ1n) is 4.86. The van der Waals surface area contributed by atoms with Crippen LogP contribution in [0.2, 0.25) is 0 Å². The summed E-state index contributed by atoms with van der Waals surface area (Å²) in [6.07, 6.45) is 3.59. The highest BCUT2D eigenvalue weighted by Gasteiger charge is 2.12. The summed E-state index contributed by atoms with van der Waals surface area (Å²) in [5.41, 5.74) is 8.71. The fourth-order valence-corrected chi connectivity index (χ4v) is 1.68. The van der Waals surface area contributed by atoms with Gasteiger partial charge < -0.3 is 10.3 Å². The first-order chi connectivity index (χ1) is 7.24. The van der Waals surface area contributed by atoms with Gasteiger partial charge >= 0.3 is 0 Å². The van der Waals surface area contributed by atoms with E-state index in [1.165, 1.54) is 0 Å². The monoisotopic (exact) mass is 202 g/mol. The van der Waals surface area contributed by atoms with E-state index in [1.54, 1.807) is 6.20 Å². The molecule has 0 unspecified atom stereocenters. The number of aryl methyl sites for hydroxylation is 1. The van der Waals surface area contributed by atoms with E-state index in [0.717, 1.165) is 22.8 Å². The Labute approximate surface area is 88.8 Å². The predicted molar refractivity (Wildman–Crippen MR) is 59.1 cm³/mol. The van der Waals surface area contributed by atoms with Crippen LogP contribution in [0.3, 0.4) is 0 Å². The molecule has 0 aromatic carbocycles. The number of nitrogens with zero attached hydrogens (tertiary/aromatic N) is 3. The molecule has 0 saturated carbocycles. The van der Waals surface area contributed by atoms with Gasteiger partial charge in [-0.2, -0.15) is 0 Å². The summed E-state index contributed by atoms with van der Waals surface area (Å²) in [6.45, 7) is 2.42. The first-order valence-corrected chi connectivity index (χ1v) is 4.86. The van der Waals surface area contributed by atoms with Gasteiger partial charge in [0.2, 0.25) is 0 Å². The molecule has 0 spiro atoms. The van der Waals surface area contributed by atoms with E-state index >= 15 is 0 Å². The van der Waals surface area contributed by atoms with Crippen LogP contribution in [0, 0.1) is 6.92 Å². The third-order valence-corrected chi connectivity index (χ3v) is 2.52. The quantitative estimate of drug-likeness (QED) is 0.797. The maximum atomic E-state index is 5.67. The van der Waals surface area contributed by atoms with E-state index in [-0.39, 0.29) is 0 Å². The van der Waals surface area contributed by atoms with Crippen LogP contribution in [-0.4, -0.2) is 14.5 Å². The topological polar surface area (TPSA) is 56.7 Å². The number of hydrogen-bond acceptors (Lipinski definition) is 3. The second kappa shape index (κ2) is 3.82. The van der Waals surface area contributed by atoms with Crippen molar-refractivity contribution in [2.45, 2.75) is 13.5 Å². The van der Waals surface area contributed by atoms with E-state index in [4.69, 9.17) is 5.73 Å². The minimum atomic E-state index is 0.450. The van der Waals surface area contributed by atoms with Gasteiger partial charge in [0.05, 0.1) is 11.4 Å². The van der Waals surface area contributed by atoms with Gasteiger partial charge in [-0.1, -0.05) is 0 Å². The predicted octanol–water partition coefficient (Wildman–Crippen LogP) is 1.25. The number of rotatable bonds is 2. The number of imidazole rings is 1. The zero-order chi connectivity index (χ0) is 10.8. The van der Waals surface area contributed by atoms with Gasteiger partial charge in [0.1, 0.15) is 5.82 Å². The lowest BCUT2D eigenvalue weighted by molar-refractivity contribution is 0.864. The minimum absolute atomic E-state index is 0.450. The largest absolute Gasteiger partial charge is 0.331 e. The van der Waals surface area contributed by atoms with Gasteiger partial charge in [-0.15, -0.1) is 0 Å². The van der Waals surface area contributed by atoms with Gasteiger partial charge in [0.15, 0.2) is 0 Å². The summed E-state index contributed by atoms with van der Waals surface area (Å²) >= 11 is 0. The molecule has 4 heteroatoms. The second-order valence-electron chi connectivity index (χ2n) is 3.46. The summed E-state index contributed by atoms with van der Waals surface area (Å²) in [7, 11) is 1.99. The van der Waals surface area contributed by atoms with Gasteiger partial charge in [-0.05, 0) is 19.1 Å². The van der Waals surface area contributed by atoms with Crippen molar-refractivity contribution in [2.75, 3.05) is 0 Å². The zero-order valence-corrected chi connectivity index (χ0v) is 8.94. The van der Waals surface area contributed by atoms with Gasteiger partial charge in [0.25, 0.3) is 0 Å². The van der Waals surface area contributed by atoms with Gasteiger partial charge in [-0.25, -0.2) is 4.98 Å². The molecule has 4 nitrogen and oxygen atoms in total. The fourth-order valence-electron chi connectivity index (χ4n) is 1.68. The Hall–Kier alpha value is -1.68. The van der Waals surface area contributed by atoms with Crippen molar-refractivity contribution in [1.82, 2.24) is 14.5 Å². The van der Waals surface area contributed by atoms with Crippen LogP contribution in [-0.2, 0) is 13.6 Å². The highest BCUT2D eigenvalue weighted by atomic mass is 15.1. The van der Waals surface area contributed by atoms with Crippen LogP contribution >= 0.6 is 0 Å². The van der Waals surface area contributed by atoms with Gasteiger partial charge in [0, 0.05) is 31.5 Å². The van der Waals surface area contributed by atoms with Crippen molar-refractivity contribution in [2.24, 2.45) is 12.8 Å². The van der Waals surface area contributed by atoms with E-state index in [1.807, 2.05) is 36.9 Å². The van der Waals surface area contributed by atoms with Crippen LogP contribution < -0.4 is 5.73 Å². The van der Waals surface area contributed by atoms with Crippen molar-refractivity contribution in [3.63, 3.8) is 0 Å². The maximum Gasteiger partial charge on any atom is 0.106 e. The van der Waals surface area contributed by atoms with Crippen LogP contribution in [0.4, 0.5) is 0 Å². The van der Waals surface area contributed by atoms with E-state index in [0.29, 0.717) is 6.54 Å². The molecule has 0 saturated heterocycles. The van der Waals surface area contributed by atoms with Crippen molar-refractivity contribution in [1.29, 1.82) is 0 Å².